The van der Waals surface area contributed by atoms with Gasteiger partial charge in [-0.2, -0.15) is 0 Å². The molecule has 146 valence electrons. The van der Waals surface area contributed by atoms with Crippen LogP contribution in [0.2, 0.25) is 5.02 Å². The molecule has 2 heterocycles. The number of carbonyl (C=O) groups excluding carboxylic acids is 1. The van der Waals surface area contributed by atoms with Gasteiger partial charge in [-0.25, -0.2) is 4.98 Å². The normalized spacial score (nSPS) is 14.1. The van der Waals surface area contributed by atoms with Crippen LogP contribution in [0.25, 0.3) is 11.4 Å². The van der Waals surface area contributed by atoms with Gasteiger partial charge in [0.2, 0.25) is 0 Å². The Morgan fingerprint density at radius 3 is 2.78 bits per heavy atom. The van der Waals surface area contributed by atoms with E-state index in [1.54, 1.807) is 0 Å². The van der Waals surface area contributed by atoms with Crippen molar-refractivity contribution >= 4 is 17.5 Å². The van der Waals surface area contributed by atoms with Crippen LogP contribution in [-0.2, 0) is 17.7 Å². The van der Waals surface area contributed by atoms with Crippen LogP contribution >= 0.6 is 11.6 Å². The number of aromatic nitrogens is 2. The van der Waals surface area contributed by atoms with E-state index in [2.05, 4.69) is 9.88 Å². The first-order valence-electron chi connectivity index (χ1n) is 9.81. The maximum atomic E-state index is 12.8. The van der Waals surface area contributed by atoms with E-state index in [9.17, 15) is 4.79 Å². The van der Waals surface area contributed by atoms with Gasteiger partial charge in [0.1, 0.15) is 11.5 Å². The number of imidazole rings is 1. The van der Waals surface area contributed by atoms with Crippen LogP contribution in [0.1, 0.15) is 55.7 Å². The SMILES string of the molecule is CC(C)OCCCNC(=O)c1nc(-c2ccc(Cl)cc2)n2c1CCCCC2. The fourth-order valence-corrected chi connectivity index (χ4v) is 3.52. The molecule has 0 spiro atoms. The molecule has 0 aliphatic carbocycles. The number of rotatable bonds is 7. The summed E-state index contributed by atoms with van der Waals surface area (Å²) in [5.41, 5.74) is 2.60. The zero-order valence-electron chi connectivity index (χ0n) is 16.1. The monoisotopic (exact) mass is 389 g/mol. The highest BCUT2D eigenvalue weighted by Crippen LogP contribution is 2.28. The lowest BCUT2D eigenvalue weighted by atomic mass is 10.1. The molecule has 0 radical (unpaired) electrons. The van der Waals surface area contributed by atoms with E-state index in [0.29, 0.717) is 23.9 Å². The van der Waals surface area contributed by atoms with Gasteiger partial charge in [0.25, 0.3) is 5.91 Å². The Kier molecular flexibility index (Phi) is 6.91. The molecule has 1 aromatic carbocycles. The fraction of sp³-hybridized carbons (Fsp3) is 0.524. The van der Waals surface area contributed by atoms with Gasteiger partial charge in [0, 0.05) is 30.3 Å². The predicted molar refractivity (Wildman–Crippen MR) is 108 cm³/mol. The van der Waals surface area contributed by atoms with Crippen molar-refractivity contribution < 1.29 is 9.53 Å². The van der Waals surface area contributed by atoms with E-state index in [1.807, 2.05) is 38.1 Å². The number of fused-ring (bicyclic) bond motifs is 1. The van der Waals surface area contributed by atoms with E-state index in [4.69, 9.17) is 21.3 Å². The zero-order valence-corrected chi connectivity index (χ0v) is 16.9. The standard InChI is InChI=1S/C21H28ClN3O2/c1-15(2)27-14-6-12-23-21(26)19-18-7-4-3-5-13-25(18)20(24-19)16-8-10-17(22)11-9-16/h8-11,15H,3-7,12-14H2,1-2H3,(H,23,26). The number of benzene rings is 1. The van der Waals surface area contributed by atoms with E-state index in [0.717, 1.165) is 49.3 Å². The average molecular weight is 390 g/mol. The quantitative estimate of drug-likeness (QED) is 0.710. The summed E-state index contributed by atoms with van der Waals surface area (Å²) in [5, 5.41) is 3.70. The molecule has 6 heteroatoms. The van der Waals surface area contributed by atoms with Crippen LogP contribution in [0.5, 0.6) is 0 Å². The summed E-state index contributed by atoms with van der Waals surface area (Å²) in [5.74, 6) is 0.766. The van der Waals surface area contributed by atoms with Gasteiger partial charge >= 0.3 is 0 Å². The second kappa shape index (κ2) is 9.38. The van der Waals surface area contributed by atoms with Crippen LogP contribution < -0.4 is 5.32 Å². The van der Waals surface area contributed by atoms with Crippen LogP contribution in [0.15, 0.2) is 24.3 Å². The van der Waals surface area contributed by atoms with Crippen molar-refractivity contribution in [2.75, 3.05) is 13.2 Å². The van der Waals surface area contributed by atoms with Crippen molar-refractivity contribution in [3.63, 3.8) is 0 Å². The first kappa shape index (κ1) is 19.9. The summed E-state index contributed by atoms with van der Waals surface area (Å²) >= 11 is 6.03. The molecule has 0 saturated carbocycles. The third kappa shape index (κ3) is 5.11. The zero-order chi connectivity index (χ0) is 19.2. The molecule has 5 nitrogen and oxygen atoms in total. The van der Waals surface area contributed by atoms with Crippen molar-refractivity contribution in [3.8, 4) is 11.4 Å². The first-order chi connectivity index (χ1) is 13.1. The largest absolute Gasteiger partial charge is 0.379 e. The van der Waals surface area contributed by atoms with Crippen LogP contribution in [-0.4, -0.2) is 34.7 Å². The fourth-order valence-electron chi connectivity index (χ4n) is 3.40. The van der Waals surface area contributed by atoms with Gasteiger partial charge < -0.3 is 14.6 Å². The Balaban J connectivity index is 1.78. The minimum absolute atomic E-state index is 0.0922. The maximum absolute atomic E-state index is 12.8. The Morgan fingerprint density at radius 1 is 1.26 bits per heavy atom. The lowest BCUT2D eigenvalue weighted by Gasteiger charge is -2.09. The van der Waals surface area contributed by atoms with E-state index < -0.39 is 0 Å². The van der Waals surface area contributed by atoms with Crippen LogP contribution in [0, 0.1) is 0 Å². The highest BCUT2D eigenvalue weighted by molar-refractivity contribution is 6.30. The van der Waals surface area contributed by atoms with Crippen molar-refractivity contribution in [1.29, 1.82) is 0 Å². The van der Waals surface area contributed by atoms with E-state index in [-0.39, 0.29) is 12.0 Å². The number of nitrogens with one attached hydrogen (secondary N) is 1. The molecule has 1 aliphatic heterocycles. The minimum Gasteiger partial charge on any atom is -0.379 e. The summed E-state index contributed by atoms with van der Waals surface area (Å²) in [6.45, 7) is 6.16. The molecule has 0 unspecified atom stereocenters. The summed E-state index contributed by atoms with van der Waals surface area (Å²) in [4.78, 5) is 17.5. The van der Waals surface area contributed by atoms with Crippen molar-refractivity contribution in [2.45, 2.75) is 58.6 Å². The lowest BCUT2D eigenvalue weighted by molar-refractivity contribution is 0.0756. The predicted octanol–water partition coefficient (Wildman–Crippen LogP) is 4.47. The van der Waals surface area contributed by atoms with Crippen LogP contribution in [0.3, 0.4) is 0 Å². The molecule has 1 aliphatic rings. The number of nitrogens with zero attached hydrogens (tertiary/aromatic N) is 2. The van der Waals surface area contributed by atoms with Gasteiger partial charge in [-0.1, -0.05) is 18.0 Å². The molecule has 1 N–H and O–H groups in total. The summed E-state index contributed by atoms with van der Waals surface area (Å²) in [6.07, 6.45) is 5.27. The smallest absolute Gasteiger partial charge is 0.271 e. The summed E-state index contributed by atoms with van der Waals surface area (Å²) in [7, 11) is 0. The number of carbonyl (C=O) groups is 1. The van der Waals surface area contributed by atoms with E-state index in [1.165, 1.54) is 6.42 Å². The van der Waals surface area contributed by atoms with Gasteiger partial charge in [0.05, 0.1) is 11.8 Å². The second-order valence-corrected chi connectivity index (χ2v) is 7.67. The molecule has 1 aromatic heterocycles. The Hall–Kier alpha value is -1.85. The first-order valence-corrected chi connectivity index (χ1v) is 10.2. The minimum atomic E-state index is -0.0922. The van der Waals surface area contributed by atoms with Gasteiger partial charge in [-0.3, -0.25) is 4.79 Å². The molecule has 0 fully saturated rings. The molecule has 3 rings (SSSR count). The van der Waals surface area contributed by atoms with Gasteiger partial charge in [0.15, 0.2) is 0 Å². The second-order valence-electron chi connectivity index (χ2n) is 7.23. The molecule has 0 saturated heterocycles. The molecular formula is C21H28ClN3O2. The van der Waals surface area contributed by atoms with Crippen molar-refractivity contribution in [1.82, 2.24) is 14.9 Å². The molecule has 0 bridgehead atoms. The van der Waals surface area contributed by atoms with Gasteiger partial charge in [-0.05, 0) is 63.8 Å². The highest BCUT2D eigenvalue weighted by Gasteiger charge is 2.24. The van der Waals surface area contributed by atoms with E-state index >= 15 is 0 Å². The summed E-state index contributed by atoms with van der Waals surface area (Å²) < 4.78 is 7.74. The summed E-state index contributed by atoms with van der Waals surface area (Å²) in [6, 6.07) is 7.66. The number of halogens is 1. The van der Waals surface area contributed by atoms with Crippen molar-refractivity contribution in [3.05, 3.63) is 40.7 Å². The Bertz CT molecular complexity index is 768. The third-order valence-corrected chi connectivity index (χ3v) is 5.00. The number of ether oxygens (including phenoxy) is 1. The molecule has 27 heavy (non-hydrogen) atoms. The molecule has 1 amide bonds. The molecule has 2 aromatic rings. The Labute approximate surface area is 166 Å². The number of hydrogen-bond acceptors (Lipinski definition) is 3. The topological polar surface area (TPSA) is 56.1 Å². The van der Waals surface area contributed by atoms with Crippen molar-refractivity contribution in [2.24, 2.45) is 0 Å². The number of hydrogen-bond donors (Lipinski definition) is 1. The third-order valence-electron chi connectivity index (χ3n) is 4.74. The average Bonchev–Trinajstić information content (AvgIpc) is 2.83. The lowest BCUT2D eigenvalue weighted by Crippen LogP contribution is -2.27. The van der Waals surface area contributed by atoms with Crippen LogP contribution in [0.4, 0.5) is 0 Å². The van der Waals surface area contributed by atoms with Gasteiger partial charge in [-0.15, -0.1) is 0 Å². The Morgan fingerprint density at radius 2 is 2.04 bits per heavy atom. The molecule has 0 atom stereocenters. The maximum Gasteiger partial charge on any atom is 0.271 e. The molecular weight excluding hydrogens is 362 g/mol. The highest BCUT2D eigenvalue weighted by atomic mass is 35.5. The number of amides is 1.